The second kappa shape index (κ2) is 6.67. The number of thiophene rings is 1. The number of benzene rings is 1. The third kappa shape index (κ3) is 3.01. The number of anilines is 2. The lowest BCUT2D eigenvalue weighted by Gasteiger charge is -2.21. The first-order chi connectivity index (χ1) is 13.2. The van der Waals surface area contributed by atoms with Crippen molar-refractivity contribution >= 4 is 60.1 Å². The van der Waals surface area contributed by atoms with Crippen molar-refractivity contribution in [1.29, 1.82) is 0 Å². The smallest absolute Gasteiger partial charge is 0.148 e. The SMILES string of the molecule is C[C@@H]1NCCC=C1c1cc2c(Nc3cc4ncsc4cc3F)ccnc2s1. The molecule has 5 rings (SSSR count). The summed E-state index contributed by atoms with van der Waals surface area (Å²) >= 11 is 3.12. The average Bonchev–Trinajstić information content (AvgIpc) is 3.29. The number of hydrogen-bond donors (Lipinski definition) is 2. The van der Waals surface area contributed by atoms with Crippen molar-refractivity contribution in [3.63, 3.8) is 0 Å². The van der Waals surface area contributed by atoms with E-state index >= 15 is 0 Å². The summed E-state index contributed by atoms with van der Waals surface area (Å²) in [4.78, 5) is 11.0. The Morgan fingerprint density at radius 1 is 1.22 bits per heavy atom. The summed E-state index contributed by atoms with van der Waals surface area (Å²) in [6, 6.07) is 7.67. The maximum Gasteiger partial charge on any atom is 0.148 e. The van der Waals surface area contributed by atoms with Crippen LogP contribution in [0.3, 0.4) is 0 Å². The van der Waals surface area contributed by atoms with Crippen molar-refractivity contribution in [3.05, 3.63) is 52.7 Å². The van der Waals surface area contributed by atoms with Crippen LogP contribution in [0.5, 0.6) is 0 Å². The minimum Gasteiger partial charge on any atom is -0.352 e. The Hall–Kier alpha value is -2.35. The van der Waals surface area contributed by atoms with Crippen molar-refractivity contribution in [3.8, 4) is 0 Å². The number of nitrogens with one attached hydrogen (secondary N) is 2. The molecule has 1 atom stereocenters. The Bertz CT molecular complexity index is 1180. The average molecular weight is 397 g/mol. The molecule has 0 saturated heterocycles. The van der Waals surface area contributed by atoms with E-state index in [1.165, 1.54) is 27.9 Å². The lowest BCUT2D eigenvalue weighted by Crippen LogP contribution is -2.30. The van der Waals surface area contributed by atoms with E-state index in [1.54, 1.807) is 29.1 Å². The highest BCUT2D eigenvalue weighted by molar-refractivity contribution is 7.19. The molecule has 1 aliphatic heterocycles. The van der Waals surface area contributed by atoms with Gasteiger partial charge in [0.2, 0.25) is 0 Å². The van der Waals surface area contributed by atoms with Gasteiger partial charge in [0.1, 0.15) is 10.6 Å². The van der Waals surface area contributed by atoms with Gasteiger partial charge in [-0.3, -0.25) is 0 Å². The molecule has 4 heterocycles. The van der Waals surface area contributed by atoms with E-state index in [0.717, 1.165) is 39.1 Å². The van der Waals surface area contributed by atoms with Gasteiger partial charge in [-0.1, -0.05) is 6.08 Å². The maximum atomic E-state index is 14.5. The molecule has 0 fully saturated rings. The Morgan fingerprint density at radius 2 is 2.15 bits per heavy atom. The van der Waals surface area contributed by atoms with Crippen LogP contribution < -0.4 is 10.6 Å². The predicted octanol–water partition coefficient (Wildman–Crippen LogP) is 5.55. The van der Waals surface area contributed by atoms with Gasteiger partial charge in [0.05, 0.1) is 27.1 Å². The summed E-state index contributed by atoms with van der Waals surface area (Å²) in [5.41, 5.74) is 5.13. The van der Waals surface area contributed by atoms with Crippen LogP contribution in [0.1, 0.15) is 18.2 Å². The number of nitrogens with zero attached hydrogens (tertiary/aromatic N) is 2. The third-order valence-corrected chi connectivity index (χ3v) is 6.72. The zero-order valence-corrected chi connectivity index (χ0v) is 16.3. The van der Waals surface area contributed by atoms with Gasteiger partial charge in [0.15, 0.2) is 0 Å². The molecule has 4 aromatic rings. The molecule has 1 aliphatic rings. The van der Waals surface area contributed by atoms with Gasteiger partial charge in [-0.25, -0.2) is 14.4 Å². The normalized spacial score (nSPS) is 17.4. The van der Waals surface area contributed by atoms with E-state index in [4.69, 9.17) is 0 Å². The first-order valence-electron chi connectivity index (χ1n) is 8.81. The zero-order chi connectivity index (χ0) is 18.4. The number of rotatable bonds is 3. The quantitative estimate of drug-likeness (QED) is 0.476. The molecule has 4 nitrogen and oxygen atoms in total. The third-order valence-electron chi connectivity index (χ3n) is 4.84. The van der Waals surface area contributed by atoms with Crippen LogP contribution in [0.25, 0.3) is 26.0 Å². The van der Waals surface area contributed by atoms with Gasteiger partial charge in [0, 0.05) is 22.5 Å². The molecule has 27 heavy (non-hydrogen) atoms. The lowest BCUT2D eigenvalue weighted by atomic mass is 10.0. The standard InChI is InChI=1S/C20H17FN4S2/c1-11-12(3-2-5-22-11)18-7-13-15(4-6-23-20(13)27-18)25-16-9-17-19(8-14(16)21)26-10-24-17/h3-4,6-11,22H,2,5H2,1H3,(H,23,25)/t11-/m0/s1. The van der Waals surface area contributed by atoms with Crippen LogP contribution in [-0.2, 0) is 0 Å². The lowest BCUT2D eigenvalue weighted by molar-refractivity contribution is 0.628. The van der Waals surface area contributed by atoms with Gasteiger partial charge in [-0.15, -0.1) is 22.7 Å². The number of pyridine rings is 1. The second-order valence-corrected chi connectivity index (χ2v) is 8.51. The molecule has 0 saturated carbocycles. The number of thiazole rings is 1. The van der Waals surface area contributed by atoms with Crippen LogP contribution in [0, 0.1) is 5.82 Å². The monoisotopic (exact) mass is 396 g/mol. The van der Waals surface area contributed by atoms with E-state index < -0.39 is 0 Å². The Morgan fingerprint density at radius 3 is 3.04 bits per heavy atom. The molecule has 0 unspecified atom stereocenters. The summed E-state index contributed by atoms with van der Waals surface area (Å²) in [6.07, 6.45) is 5.10. The highest BCUT2D eigenvalue weighted by Crippen LogP contribution is 2.37. The summed E-state index contributed by atoms with van der Waals surface area (Å²) in [5, 5.41) is 7.75. The van der Waals surface area contributed by atoms with E-state index in [1.807, 2.05) is 6.07 Å². The molecule has 2 N–H and O–H groups in total. The molecule has 3 aromatic heterocycles. The Kier molecular flexibility index (Phi) is 4.15. The summed E-state index contributed by atoms with van der Waals surface area (Å²) in [5.74, 6) is -0.278. The van der Waals surface area contributed by atoms with Crippen LogP contribution in [-0.4, -0.2) is 22.6 Å². The molecule has 0 radical (unpaired) electrons. The van der Waals surface area contributed by atoms with Crippen LogP contribution in [0.15, 0.2) is 42.0 Å². The van der Waals surface area contributed by atoms with Gasteiger partial charge in [0.25, 0.3) is 0 Å². The molecule has 0 amide bonds. The van der Waals surface area contributed by atoms with Crippen molar-refractivity contribution in [1.82, 2.24) is 15.3 Å². The Balaban J connectivity index is 1.56. The van der Waals surface area contributed by atoms with Gasteiger partial charge in [-0.2, -0.15) is 0 Å². The minimum atomic E-state index is -0.278. The van der Waals surface area contributed by atoms with E-state index in [9.17, 15) is 4.39 Å². The number of halogens is 1. The van der Waals surface area contributed by atoms with Gasteiger partial charge < -0.3 is 10.6 Å². The summed E-state index contributed by atoms with van der Waals surface area (Å²) < 4.78 is 15.4. The van der Waals surface area contributed by atoms with Gasteiger partial charge in [-0.05, 0) is 49.7 Å². The predicted molar refractivity (Wildman–Crippen MR) is 113 cm³/mol. The number of fused-ring (bicyclic) bond motifs is 2. The maximum absolute atomic E-state index is 14.5. The van der Waals surface area contributed by atoms with Crippen LogP contribution in [0.2, 0.25) is 0 Å². The first-order valence-corrected chi connectivity index (χ1v) is 10.5. The largest absolute Gasteiger partial charge is 0.352 e. The first kappa shape index (κ1) is 16.8. The van der Waals surface area contributed by atoms with Crippen LogP contribution in [0.4, 0.5) is 15.8 Å². The van der Waals surface area contributed by atoms with Crippen molar-refractivity contribution < 1.29 is 4.39 Å². The topological polar surface area (TPSA) is 49.8 Å². The van der Waals surface area contributed by atoms with E-state index in [-0.39, 0.29) is 5.82 Å². The Labute approximate surface area is 163 Å². The second-order valence-electron chi connectivity index (χ2n) is 6.59. The summed E-state index contributed by atoms with van der Waals surface area (Å²) in [7, 11) is 0. The van der Waals surface area contributed by atoms with Crippen molar-refractivity contribution in [2.75, 3.05) is 11.9 Å². The number of hydrogen-bond acceptors (Lipinski definition) is 6. The zero-order valence-electron chi connectivity index (χ0n) is 14.6. The molecule has 7 heteroatoms. The van der Waals surface area contributed by atoms with E-state index in [2.05, 4.69) is 39.7 Å². The summed E-state index contributed by atoms with van der Waals surface area (Å²) in [6.45, 7) is 3.19. The van der Waals surface area contributed by atoms with Crippen LogP contribution >= 0.6 is 22.7 Å². The highest BCUT2D eigenvalue weighted by Gasteiger charge is 2.18. The molecule has 136 valence electrons. The van der Waals surface area contributed by atoms with Gasteiger partial charge >= 0.3 is 0 Å². The molecule has 0 spiro atoms. The molecular formula is C20H17FN4S2. The van der Waals surface area contributed by atoms with Crippen molar-refractivity contribution in [2.45, 2.75) is 19.4 Å². The highest BCUT2D eigenvalue weighted by atomic mass is 32.1. The number of aromatic nitrogens is 2. The molecular weight excluding hydrogens is 379 g/mol. The fourth-order valence-corrected chi connectivity index (χ4v) is 5.28. The minimum absolute atomic E-state index is 0.278. The molecule has 1 aromatic carbocycles. The molecule has 0 bridgehead atoms. The van der Waals surface area contributed by atoms with Crippen molar-refractivity contribution in [2.24, 2.45) is 0 Å². The fraction of sp³-hybridized carbons (Fsp3) is 0.200. The molecule has 0 aliphatic carbocycles. The van der Waals surface area contributed by atoms with E-state index in [0.29, 0.717) is 11.7 Å². The fourth-order valence-electron chi connectivity index (χ4n) is 3.44.